The highest BCUT2D eigenvalue weighted by atomic mass is 16.5. The van der Waals surface area contributed by atoms with Gasteiger partial charge in [0.2, 0.25) is 0 Å². The summed E-state index contributed by atoms with van der Waals surface area (Å²) >= 11 is 0. The van der Waals surface area contributed by atoms with Crippen LogP contribution in [-0.2, 0) is 11.3 Å². The van der Waals surface area contributed by atoms with E-state index in [1.165, 1.54) is 250 Å². The summed E-state index contributed by atoms with van der Waals surface area (Å²) in [6.07, 6.45) is 53.3. The van der Waals surface area contributed by atoms with E-state index in [9.17, 15) is 0 Å². The Balaban J connectivity index is 2.22. The van der Waals surface area contributed by atoms with E-state index in [0.29, 0.717) is 6.10 Å². The summed E-state index contributed by atoms with van der Waals surface area (Å²) in [4.78, 5) is 0. The number of hydrogen-bond acceptors (Lipinski definition) is 2. The molecule has 0 bridgehead atoms. The second-order valence-corrected chi connectivity index (χ2v) is 18.4. The lowest BCUT2D eigenvalue weighted by Gasteiger charge is -2.53. The zero-order valence-corrected chi connectivity index (χ0v) is 37.4. The predicted molar refractivity (Wildman–Crippen MR) is 242 cm³/mol. The van der Waals surface area contributed by atoms with E-state index in [1.54, 1.807) is 0 Å². The molecule has 1 aliphatic heterocycles. The van der Waals surface area contributed by atoms with Crippen molar-refractivity contribution >= 4 is 0 Å². The number of rotatable bonds is 39. The molecule has 0 saturated carbocycles. The fourth-order valence-corrected chi connectivity index (χ4v) is 9.81. The van der Waals surface area contributed by atoms with Gasteiger partial charge in [-0.3, -0.25) is 0 Å². The van der Waals surface area contributed by atoms with Gasteiger partial charge in [0.15, 0.2) is 0 Å². The van der Waals surface area contributed by atoms with Crippen molar-refractivity contribution in [2.24, 2.45) is 0 Å². The van der Waals surface area contributed by atoms with E-state index >= 15 is 0 Å². The number of benzene rings is 1. The molecule has 2 nitrogen and oxygen atoms in total. The van der Waals surface area contributed by atoms with E-state index in [4.69, 9.17) is 10.1 Å². The first-order valence-electron chi connectivity index (χ1n) is 25.1. The van der Waals surface area contributed by atoms with E-state index < -0.39 is 0 Å². The van der Waals surface area contributed by atoms with Gasteiger partial charge in [0.05, 0.1) is 12.7 Å². The average Bonchev–Trinajstić information content (AvgIpc) is 3.18. The number of nitrogens with one attached hydrogen (secondary N) is 1. The Bertz CT molecular complexity index is 820. The predicted octanol–water partition coefficient (Wildman–Crippen LogP) is 17.6. The maximum atomic E-state index is 7.07. The number of piperidine rings is 1. The molecule has 0 atom stereocenters. The Morgan fingerprint density at radius 3 is 0.981 bits per heavy atom. The highest BCUT2D eigenvalue weighted by molar-refractivity contribution is 5.14. The van der Waals surface area contributed by atoms with E-state index in [0.717, 1.165) is 6.61 Å². The molecule has 0 unspecified atom stereocenters. The first-order valence-corrected chi connectivity index (χ1v) is 25.1. The molecule has 1 fully saturated rings. The lowest BCUT2D eigenvalue weighted by Crippen LogP contribution is -2.64. The molecule has 0 amide bonds. The Labute approximate surface area is 340 Å². The van der Waals surface area contributed by atoms with Gasteiger partial charge in [0.1, 0.15) is 0 Å². The van der Waals surface area contributed by atoms with Crippen LogP contribution in [0.15, 0.2) is 30.3 Å². The Kier molecular flexibility index (Phi) is 31.2. The third kappa shape index (κ3) is 24.7. The van der Waals surface area contributed by atoms with E-state index in [2.05, 4.69) is 58.0 Å². The van der Waals surface area contributed by atoms with Crippen LogP contribution in [0.3, 0.4) is 0 Å². The summed E-state index contributed by atoms with van der Waals surface area (Å²) in [5.74, 6) is 0. The average molecular weight is 752 g/mol. The third-order valence-electron chi connectivity index (χ3n) is 13.1. The number of unbranched alkanes of at least 4 members (excludes halogenated alkanes) is 28. The van der Waals surface area contributed by atoms with E-state index in [1.807, 2.05) is 0 Å². The van der Waals surface area contributed by atoms with Gasteiger partial charge in [-0.2, -0.15) is 0 Å². The quantitative estimate of drug-likeness (QED) is 0.0677. The van der Waals surface area contributed by atoms with Crippen LogP contribution in [0.4, 0.5) is 0 Å². The molecule has 2 heteroatoms. The maximum Gasteiger partial charge on any atom is 0.0720 e. The van der Waals surface area contributed by atoms with Gasteiger partial charge in [-0.15, -0.1) is 0 Å². The highest BCUT2D eigenvalue weighted by Gasteiger charge is 2.46. The summed E-state index contributed by atoms with van der Waals surface area (Å²) in [6, 6.07) is 11.0. The summed E-state index contributed by atoms with van der Waals surface area (Å²) in [5, 5.41) is 4.70. The monoisotopic (exact) mass is 752 g/mol. The molecule has 0 aliphatic carbocycles. The van der Waals surface area contributed by atoms with Crippen molar-refractivity contribution in [1.29, 1.82) is 0 Å². The van der Waals surface area contributed by atoms with Crippen LogP contribution in [0, 0.1) is 0 Å². The molecule has 0 spiro atoms. The zero-order valence-electron chi connectivity index (χ0n) is 37.4. The zero-order chi connectivity index (χ0) is 38.7. The largest absolute Gasteiger partial charge is 0.373 e. The molecule has 1 aromatic rings. The minimum Gasteiger partial charge on any atom is -0.373 e. The lowest BCUT2D eigenvalue weighted by molar-refractivity contribution is -0.0560. The normalized spacial score (nSPS) is 15.6. The lowest BCUT2D eigenvalue weighted by atomic mass is 9.69. The fraction of sp³-hybridized carbons (Fsp3) is 0.885. The van der Waals surface area contributed by atoms with Crippen LogP contribution in [0.1, 0.15) is 277 Å². The standard InChI is InChI=1S/C52H97NO/c1-5-9-13-17-21-25-29-36-42-51(43-37-30-26-22-18-14-10-6-2)46-50(54-48-49-40-34-33-35-41-49)47-52(53-51,44-38-31-27-23-19-15-11-7-3)45-39-32-28-24-20-16-12-8-4/h33-35,40-41,50,53H,5-32,36-39,42-48H2,1-4H3. The van der Waals surface area contributed by atoms with Crippen LogP contribution >= 0.6 is 0 Å². The van der Waals surface area contributed by atoms with Gasteiger partial charge in [0, 0.05) is 11.1 Å². The Morgan fingerprint density at radius 1 is 0.407 bits per heavy atom. The SMILES string of the molecule is CCCCCCCCCCC1(CCCCCCCCCC)CC(OCc2ccccc2)CC(CCCCCCCCCC)(CCCCCCCCCC)N1. The first kappa shape index (κ1) is 49.3. The van der Waals surface area contributed by atoms with Gasteiger partial charge in [-0.05, 0) is 44.1 Å². The summed E-state index contributed by atoms with van der Waals surface area (Å²) in [7, 11) is 0. The van der Waals surface area contributed by atoms with Crippen LogP contribution in [-0.4, -0.2) is 17.2 Å². The molecule has 2 rings (SSSR count). The van der Waals surface area contributed by atoms with Crippen molar-refractivity contribution < 1.29 is 4.74 Å². The van der Waals surface area contributed by atoms with Crippen molar-refractivity contribution in [2.45, 2.75) is 295 Å². The fourth-order valence-electron chi connectivity index (χ4n) is 9.81. The second-order valence-electron chi connectivity index (χ2n) is 18.4. The van der Waals surface area contributed by atoms with Gasteiger partial charge >= 0.3 is 0 Å². The summed E-state index contributed by atoms with van der Waals surface area (Å²) in [6.45, 7) is 10.1. The van der Waals surface area contributed by atoms with Crippen molar-refractivity contribution in [3.8, 4) is 0 Å². The maximum absolute atomic E-state index is 7.07. The van der Waals surface area contributed by atoms with Gasteiger partial charge in [-0.25, -0.2) is 0 Å². The van der Waals surface area contributed by atoms with Gasteiger partial charge < -0.3 is 10.1 Å². The van der Waals surface area contributed by atoms with Crippen molar-refractivity contribution in [3.63, 3.8) is 0 Å². The van der Waals surface area contributed by atoms with Crippen LogP contribution in [0.25, 0.3) is 0 Å². The van der Waals surface area contributed by atoms with Crippen LogP contribution < -0.4 is 5.32 Å². The summed E-state index contributed by atoms with van der Waals surface area (Å²) in [5.41, 5.74) is 1.79. The molecule has 1 aliphatic rings. The molecular weight excluding hydrogens is 655 g/mol. The van der Waals surface area contributed by atoms with Crippen molar-refractivity contribution in [1.82, 2.24) is 5.32 Å². The van der Waals surface area contributed by atoms with Crippen LogP contribution in [0.5, 0.6) is 0 Å². The van der Waals surface area contributed by atoms with E-state index in [-0.39, 0.29) is 11.1 Å². The second kappa shape index (κ2) is 34.2. The smallest absolute Gasteiger partial charge is 0.0720 e. The molecule has 1 saturated heterocycles. The molecule has 0 aromatic heterocycles. The third-order valence-corrected chi connectivity index (χ3v) is 13.1. The molecular formula is C52H97NO. The Morgan fingerprint density at radius 2 is 0.685 bits per heavy atom. The molecule has 0 radical (unpaired) electrons. The Hall–Kier alpha value is -0.860. The molecule has 1 aromatic carbocycles. The minimum absolute atomic E-state index is 0.227. The van der Waals surface area contributed by atoms with Gasteiger partial charge in [0.25, 0.3) is 0 Å². The number of ether oxygens (including phenoxy) is 1. The molecule has 54 heavy (non-hydrogen) atoms. The highest BCUT2D eigenvalue weighted by Crippen LogP contribution is 2.43. The van der Waals surface area contributed by atoms with Crippen molar-refractivity contribution in [2.75, 3.05) is 0 Å². The van der Waals surface area contributed by atoms with Crippen molar-refractivity contribution in [3.05, 3.63) is 35.9 Å². The first-order chi connectivity index (χ1) is 26.6. The molecule has 1 N–H and O–H groups in total. The molecule has 1 heterocycles. The van der Waals surface area contributed by atoms with Crippen LogP contribution in [0.2, 0.25) is 0 Å². The minimum atomic E-state index is 0.227. The van der Waals surface area contributed by atoms with Gasteiger partial charge in [-0.1, -0.05) is 263 Å². The summed E-state index contributed by atoms with van der Waals surface area (Å²) < 4.78 is 7.07. The topological polar surface area (TPSA) is 21.3 Å². The number of hydrogen-bond donors (Lipinski definition) is 1. The molecule has 316 valence electrons.